The Bertz CT molecular complexity index is 914. The lowest BCUT2D eigenvalue weighted by Crippen LogP contribution is -2.30. The van der Waals surface area contributed by atoms with E-state index < -0.39 is 11.7 Å². The maximum absolute atomic E-state index is 13.3. The van der Waals surface area contributed by atoms with E-state index in [1.54, 1.807) is 0 Å². The monoisotopic (exact) mass is 444 g/mol. The Labute approximate surface area is 177 Å². The molecule has 1 saturated carbocycles. The molecule has 2 atom stereocenters. The molecule has 0 spiro atoms. The average Bonchev–Trinajstić information content (AvgIpc) is 3.16. The van der Waals surface area contributed by atoms with Crippen molar-refractivity contribution in [2.75, 3.05) is 24.3 Å². The summed E-state index contributed by atoms with van der Waals surface area (Å²) < 4.78 is 47.3. The molecule has 2 fully saturated rings. The Kier molecular flexibility index (Phi) is 5.80. The molecular formula is C19H24ClF3N6O. The van der Waals surface area contributed by atoms with Gasteiger partial charge in [0.1, 0.15) is 17.2 Å². The normalized spacial score (nSPS) is 22.3. The fourth-order valence-corrected chi connectivity index (χ4v) is 4.18. The van der Waals surface area contributed by atoms with Crippen LogP contribution >= 0.6 is 11.6 Å². The summed E-state index contributed by atoms with van der Waals surface area (Å²) in [5.41, 5.74) is 7.31. The molecule has 0 amide bonds. The first-order chi connectivity index (χ1) is 14.2. The van der Waals surface area contributed by atoms with Crippen molar-refractivity contribution in [1.82, 2.24) is 19.7 Å². The van der Waals surface area contributed by atoms with Crippen molar-refractivity contribution in [1.29, 1.82) is 0 Å². The van der Waals surface area contributed by atoms with Crippen LogP contribution in [0.4, 0.5) is 24.8 Å². The summed E-state index contributed by atoms with van der Waals surface area (Å²) in [6.07, 6.45) is 0.891. The molecule has 1 aliphatic carbocycles. The Morgan fingerprint density at radius 2 is 2.10 bits per heavy atom. The first-order valence-electron chi connectivity index (χ1n) is 10.0. The SMILES string of the molecule is Cc1nn(C2CCC2)c(N)c1CC[C@@H]1COC[C@H]1Nc1nc(Cl)ncc1C(F)(F)F. The van der Waals surface area contributed by atoms with Gasteiger partial charge in [0, 0.05) is 17.7 Å². The van der Waals surface area contributed by atoms with Crippen molar-refractivity contribution in [3.63, 3.8) is 0 Å². The molecule has 4 rings (SSSR count). The molecule has 0 unspecified atom stereocenters. The van der Waals surface area contributed by atoms with Crippen LogP contribution < -0.4 is 11.1 Å². The number of hydrogen-bond donors (Lipinski definition) is 2. The number of nitrogens with zero attached hydrogens (tertiary/aromatic N) is 4. The van der Waals surface area contributed by atoms with Crippen molar-refractivity contribution >= 4 is 23.2 Å². The highest BCUT2D eigenvalue weighted by molar-refractivity contribution is 6.28. The molecule has 30 heavy (non-hydrogen) atoms. The topological polar surface area (TPSA) is 90.9 Å². The molecule has 0 radical (unpaired) electrons. The highest BCUT2D eigenvalue weighted by Crippen LogP contribution is 2.37. The molecule has 3 heterocycles. The summed E-state index contributed by atoms with van der Waals surface area (Å²) in [4.78, 5) is 7.22. The second-order valence-electron chi connectivity index (χ2n) is 7.96. The van der Waals surface area contributed by atoms with Crippen LogP contribution in [0, 0.1) is 12.8 Å². The number of ether oxygens (including phenoxy) is 1. The minimum Gasteiger partial charge on any atom is -0.384 e. The predicted octanol–water partition coefficient (Wildman–Crippen LogP) is 4.02. The van der Waals surface area contributed by atoms with Gasteiger partial charge in [-0.05, 0) is 50.6 Å². The third-order valence-corrected chi connectivity index (χ3v) is 6.20. The average molecular weight is 445 g/mol. The Morgan fingerprint density at radius 1 is 1.33 bits per heavy atom. The van der Waals surface area contributed by atoms with Crippen molar-refractivity contribution in [3.8, 4) is 0 Å². The standard InChI is InChI=1S/C19H24ClF3N6O/c1-10-13(16(24)29(28-10)12-3-2-4-12)6-5-11-8-30-9-15(11)26-17-14(19(21,22)23)7-25-18(20)27-17/h7,11-12,15H,2-6,8-9,24H2,1H3,(H,25,26,27)/t11-,15-/m1/s1. The van der Waals surface area contributed by atoms with Crippen LogP contribution in [0.2, 0.25) is 5.28 Å². The summed E-state index contributed by atoms with van der Waals surface area (Å²) >= 11 is 5.73. The fraction of sp³-hybridized carbons (Fsp3) is 0.632. The van der Waals surface area contributed by atoms with Crippen molar-refractivity contribution in [2.45, 2.75) is 57.3 Å². The summed E-state index contributed by atoms with van der Waals surface area (Å²) in [5, 5.41) is 7.24. The number of halogens is 4. The zero-order chi connectivity index (χ0) is 21.5. The summed E-state index contributed by atoms with van der Waals surface area (Å²) in [6, 6.07) is 0.0604. The van der Waals surface area contributed by atoms with Crippen LogP contribution in [-0.4, -0.2) is 39.0 Å². The Balaban J connectivity index is 1.46. The zero-order valence-corrected chi connectivity index (χ0v) is 17.3. The molecule has 1 saturated heterocycles. The number of aryl methyl sites for hydroxylation is 1. The summed E-state index contributed by atoms with van der Waals surface area (Å²) in [7, 11) is 0. The number of hydrogen-bond acceptors (Lipinski definition) is 6. The number of nitrogen functional groups attached to an aromatic ring is 1. The second-order valence-corrected chi connectivity index (χ2v) is 8.30. The van der Waals surface area contributed by atoms with Crippen molar-refractivity contribution < 1.29 is 17.9 Å². The zero-order valence-electron chi connectivity index (χ0n) is 16.5. The number of aromatic nitrogens is 4. The van der Waals surface area contributed by atoms with Crippen molar-refractivity contribution in [2.24, 2.45) is 5.92 Å². The molecule has 164 valence electrons. The Hall–Kier alpha value is -2.07. The van der Waals surface area contributed by atoms with Crippen LogP contribution in [0.3, 0.4) is 0 Å². The van der Waals surface area contributed by atoms with Gasteiger partial charge in [0.2, 0.25) is 5.28 Å². The number of nitrogens with one attached hydrogen (secondary N) is 1. The van der Waals surface area contributed by atoms with Gasteiger partial charge in [-0.1, -0.05) is 0 Å². The van der Waals surface area contributed by atoms with E-state index in [2.05, 4.69) is 20.4 Å². The number of rotatable bonds is 6. The smallest absolute Gasteiger partial charge is 0.384 e. The van der Waals surface area contributed by atoms with Crippen LogP contribution in [0.1, 0.15) is 48.5 Å². The van der Waals surface area contributed by atoms with Gasteiger partial charge in [0.15, 0.2) is 0 Å². The summed E-state index contributed by atoms with van der Waals surface area (Å²) in [5.74, 6) is 0.379. The van der Waals surface area contributed by atoms with Crippen LogP contribution in [-0.2, 0) is 17.3 Å². The largest absolute Gasteiger partial charge is 0.421 e. The van der Waals surface area contributed by atoms with Crippen LogP contribution in [0.5, 0.6) is 0 Å². The van der Waals surface area contributed by atoms with E-state index in [9.17, 15) is 13.2 Å². The molecule has 2 aromatic rings. The molecule has 11 heteroatoms. The maximum Gasteiger partial charge on any atom is 0.421 e. The fourth-order valence-electron chi connectivity index (χ4n) is 4.04. The van der Waals surface area contributed by atoms with Gasteiger partial charge in [-0.15, -0.1) is 0 Å². The molecule has 2 aliphatic rings. The third-order valence-electron chi connectivity index (χ3n) is 6.02. The van der Waals surface area contributed by atoms with Crippen molar-refractivity contribution in [3.05, 3.63) is 28.3 Å². The van der Waals surface area contributed by atoms with E-state index in [0.717, 1.165) is 24.1 Å². The van der Waals surface area contributed by atoms with Crippen LogP contribution in [0.25, 0.3) is 0 Å². The quantitative estimate of drug-likeness (QED) is 0.654. The van der Waals surface area contributed by atoms with E-state index >= 15 is 0 Å². The molecular weight excluding hydrogens is 421 g/mol. The lowest BCUT2D eigenvalue weighted by Gasteiger charge is -2.26. The minimum atomic E-state index is -4.58. The molecule has 7 nitrogen and oxygen atoms in total. The van der Waals surface area contributed by atoms with E-state index in [0.29, 0.717) is 44.1 Å². The second kappa shape index (κ2) is 8.22. The van der Waals surface area contributed by atoms with Gasteiger partial charge in [0.25, 0.3) is 0 Å². The predicted molar refractivity (Wildman–Crippen MR) is 106 cm³/mol. The van der Waals surface area contributed by atoms with Gasteiger partial charge in [0.05, 0.1) is 31.0 Å². The first-order valence-corrected chi connectivity index (χ1v) is 10.4. The van der Waals surface area contributed by atoms with Gasteiger partial charge >= 0.3 is 6.18 Å². The van der Waals surface area contributed by atoms with E-state index in [1.807, 2.05) is 11.6 Å². The van der Waals surface area contributed by atoms with Gasteiger partial charge in [-0.3, -0.25) is 0 Å². The lowest BCUT2D eigenvalue weighted by atomic mass is 9.93. The Morgan fingerprint density at radius 3 is 2.77 bits per heavy atom. The number of alkyl halides is 3. The maximum atomic E-state index is 13.3. The van der Waals surface area contributed by atoms with E-state index in [-0.39, 0.29) is 23.1 Å². The minimum absolute atomic E-state index is 0.00526. The van der Waals surface area contributed by atoms with E-state index in [1.165, 1.54) is 6.42 Å². The number of nitrogens with two attached hydrogens (primary N) is 1. The highest BCUT2D eigenvalue weighted by Gasteiger charge is 2.37. The van der Waals surface area contributed by atoms with Gasteiger partial charge in [-0.25, -0.2) is 14.6 Å². The summed E-state index contributed by atoms with van der Waals surface area (Å²) in [6.45, 7) is 2.69. The molecule has 2 aromatic heterocycles. The lowest BCUT2D eigenvalue weighted by molar-refractivity contribution is -0.137. The molecule has 0 bridgehead atoms. The third kappa shape index (κ3) is 4.20. The van der Waals surface area contributed by atoms with Gasteiger partial charge in [-0.2, -0.15) is 18.3 Å². The first kappa shape index (κ1) is 21.2. The van der Waals surface area contributed by atoms with Gasteiger partial charge < -0.3 is 15.8 Å². The molecule has 1 aliphatic heterocycles. The van der Waals surface area contributed by atoms with E-state index in [4.69, 9.17) is 22.1 Å². The highest BCUT2D eigenvalue weighted by atomic mass is 35.5. The number of anilines is 2. The van der Waals surface area contributed by atoms with Crippen LogP contribution in [0.15, 0.2) is 6.20 Å². The molecule has 0 aromatic carbocycles. The molecule has 3 N–H and O–H groups in total.